The summed E-state index contributed by atoms with van der Waals surface area (Å²) in [4.78, 5) is 10.3. The summed E-state index contributed by atoms with van der Waals surface area (Å²) in [5.74, 6) is 0. The Labute approximate surface area is 145 Å². The Morgan fingerprint density at radius 1 is 1.28 bits per heavy atom. The molecule has 1 aromatic heterocycles. The second-order valence-electron chi connectivity index (χ2n) is 5.03. The Kier molecular flexibility index (Phi) is 6.46. The number of nitro groups is 1. The molecule has 130 valence electrons. The summed E-state index contributed by atoms with van der Waals surface area (Å²) in [5.41, 5.74) is 1.71. The van der Waals surface area contributed by atoms with Crippen LogP contribution in [0.15, 0.2) is 42.6 Å². The van der Waals surface area contributed by atoms with Crippen molar-refractivity contribution in [2.24, 2.45) is 0 Å². The first-order chi connectivity index (χ1) is 12.1. The van der Waals surface area contributed by atoms with Crippen LogP contribution in [0.25, 0.3) is 11.6 Å². The molecule has 0 fully saturated rings. The van der Waals surface area contributed by atoms with Gasteiger partial charge in [-0.2, -0.15) is 5.26 Å². The highest BCUT2D eigenvalue weighted by atomic mass is 16.7. The average molecular weight is 341 g/mol. The highest BCUT2D eigenvalue weighted by molar-refractivity contribution is 5.89. The Morgan fingerprint density at radius 2 is 1.92 bits per heavy atom. The number of rotatable bonds is 8. The van der Waals surface area contributed by atoms with Gasteiger partial charge in [-0.1, -0.05) is 0 Å². The van der Waals surface area contributed by atoms with Gasteiger partial charge in [0.25, 0.3) is 5.69 Å². The number of benzene rings is 1. The summed E-state index contributed by atoms with van der Waals surface area (Å²) in [6, 6.07) is 11.7. The van der Waals surface area contributed by atoms with Gasteiger partial charge in [0.05, 0.1) is 16.6 Å². The Hall–Kier alpha value is -2.95. The molecule has 7 heteroatoms. The van der Waals surface area contributed by atoms with Crippen LogP contribution in [0.3, 0.4) is 0 Å². The van der Waals surface area contributed by atoms with Crippen molar-refractivity contribution in [2.45, 2.75) is 20.3 Å². The van der Waals surface area contributed by atoms with Gasteiger partial charge in [0, 0.05) is 37.2 Å². The number of nitriles is 1. The smallest absolute Gasteiger partial charge is 0.269 e. The lowest BCUT2D eigenvalue weighted by Gasteiger charge is -2.20. The molecule has 0 spiro atoms. The van der Waals surface area contributed by atoms with Crippen molar-refractivity contribution in [1.82, 2.24) is 4.57 Å². The fourth-order valence-corrected chi connectivity index (χ4v) is 2.31. The number of allylic oxidation sites excluding steroid dienone is 1. The molecule has 0 N–H and O–H groups in total. The number of nitro benzene ring substituents is 1. The lowest BCUT2D eigenvalue weighted by molar-refractivity contribution is -0.384. The van der Waals surface area contributed by atoms with Crippen molar-refractivity contribution in [2.75, 3.05) is 13.2 Å². The van der Waals surface area contributed by atoms with E-state index in [4.69, 9.17) is 9.47 Å². The van der Waals surface area contributed by atoms with Crippen LogP contribution in [-0.4, -0.2) is 22.7 Å². The Balaban J connectivity index is 2.36. The van der Waals surface area contributed by atoms with Gasteiger partial charge < -0.3 is 9.47 Å². The van der Waals surface area contributed by atoms with Crippen LogP contribution in [0.5, 0.6) is 0 Å². The molecule has 0 saturated heterocycles. The van der Waals surface area contributed by atoms with Gasteiger partial charge in [-0.25, -0.2) is 0 Å². The molecule has 1 aromatic carbocycles. The summed E-state index contributed by atoms with van der Waals surface area (Å²) < 4.78 is 13.0. The lowest BCUT2D eigenvalue weighted by atomic mass is 10.1. The van der Waals surface area contributed by atoms with E-state index in [1.54, 1.807) is 22.8 Å². The number of hydrogen-bond donors (Lipinski definition) is 0. The van der Waals surface area contributed by atoms with E-state index < -0.39 is 11.3 Å². The van der Waals surface area contributed by atoms with Gasteiger partial charge in [0.15, 0.2) is 0 Å². The first kappa shape index (κ1) is 18.4. The highest BCUT2D eigenvalue weighted by Crippen LogP contribution is 2.23. The molecule has 2 aromatic rings. The second kappa shape index (κ2) is 8.78. The van der Waals surface area contributed by atoms with Crippen LogP contribution in [0.4, 0.5) is 5.69 Å². The standard InChI is InChI=1S/C18H19N3O4/c1-3-24-18(25-4-2)20-11-5-6-17(20)12-15(13-19)14-7-9-16(10-8-14)21(22)23/h5-12,18H,3-4H2,1-2H3/b15-12+. The molecule has 0 aliphatic rings. The fourth-order valence-electron chi connectivity index (χ4n) is 2.31. The summed E-state index contributed by atoms with van der Waals surface area (Å²) in [6.07, 6.45) is 2.94. The summed E-state index contributed by atoms with van der Waals surface area (Å²) >= 11 is 0. The van der Waals surface area contributed by atoms with E-state index in [1.807, 2.05) is 32.2 Å². The van der Waals surface area contributed by atoms with Crippen LogP contribution in [0.2, 0.25) is 0 Å². The van der Waals surface area contributed by atoms with E-state index in [9.17, 15) is 15.4 Å². The lowest BCUT2D eigenvalue weighted by Crippen LogP contribution is -2.17. The fraction of sp³-hybridized carbons (Fsp3) is 0.278. The molecule has 25 heavy (non-hydrogen) atoms. The van der Waals surface area contributed by atoms with Crippen LogP contribution in [0.1, 0.15) is 31.5 Å². The summed E-state index contributed by atoms with van der Waals surface area (Å²) in [7, 11) is 0. The van der Waals surface area contributed by atoms with Crippen LogP contribution < -0.4 is 0 Å². The van der Waals surface area contributed by atoms with E-state index in [0.717, 1.165) is 5.69 Å². The van der Waals surface area contributed by atoms with E-state index in [1.165, 1.54) is 12.1 Å². The first-order valence-corrected chi connectivity index (χ1v) is 7.87. The van der Waals surface area contributed by atoms with E-state index in [0.29, 0.717) is 24.4 Å². The zero-order valence-corrected chi connectivity index (χ0v) is 14.1. The molecule has 0 unspecified atom stereocenters. The van der Waals surface area contributed by atoms with Gasteiger partial charge in [0.2, 0.25) is 6.41 Å². The minimum Gasteiger partial charge on any atom is -0.335 e. The Bertz CT molecular complexity index is 781. The second-order valence-corrected chi connectivity index (χ2v) is 5.03. The first-order valence-electron chi connectivity index (χ1n) is 7.87. The molecule has 0 saturated carbocycles. The number of non-ortho nitro benzene ring substituents is 1. The maximum atomic E-state index is 10.7. The van der Waals surface area contributed by atoms with Gasteiger partial charge in [-0.3, -0.25) is 14.7 Å². The van der Waals surface area contributed by atoms with Crippen LogP contribution in [-0.2, 0) is 9.47 Å². The van der Waals surface area contributed by atoms with Crippen LogP contribution >= 0.6 is 0 Å². The van der Waals surface area contributed by atoms with E-state index in [2.05, 4.69) is 6.07 Å². The van der Waals surface area contributed by atoms with Crippen molar-refractivity contribution in [3.63, 3.8) is 0 Å². The molecule has 0 amide bonds. The maximum absolute atomic E-state index is 10.7. The van der Waals surface area contributed by atoms with Gasteiger partial charge in [-0.15, -0.1) is 0 Å². The highest BCUT2D eigenvalue weighted by Gasteiger charge is 2.14. The predicted octanol–water partition coefficient (Wildman–Crippen LogP) is 3.99. The summed E-state index contributed by atoms with van der Waals surface area (Å²) in [6.45, 7) is 4.73. The zero-order valence-electron chi connectivity index (χ0n) is 14.1. The third-order valence-electron chi connectivity index (χ3n) is 3.46. The monoisotopic (exact) mass is 341 g/mol. The van der Waals surface area contributed by atoms with Gasteiger partial charge >= 0.3 is 0 Å². The molecule has 2 rings (SSSR count). The number of nitrogens with zero attached hydrogens (tertiary/aromatic N) is 3. The molecular formula is C18H19N3O4. The zero-order chi connectivity index (χ0) is 18.2. The normalized spacial score (nSPS) is 11.5. The topological polar surface area (TPSA) is 90.3 Å². The molecule has 1 heterocycles. The van der Waals surface area contributed by atoms with E-state index >= 15 is 0 Å². The van der Waals surface area contributed by atoms with Gasteiger partial charge in [-0.05, 0) is 49.8 Å². The van der Waals surface area contributed by atoms with Crippen molar-refractivity contribution in [3.8, 4) is 6.07 Å². The predicted molar refractivity (Wildman–Crippen MR) is 93.3 cm³/mol. The number of ether oxygens (including phenoxy) is 2. The average Bonchev–Trinajstić information content (AvgIpc) is 3.07. The largest absolute Gasteiger partial charge is 0.335 e. The molecule has 0 radical (unpaired) electrons. The summed E-state index contributed by atoms with van der Waals surface area (Å²) in [5, 5.41) is 20.2. The third kappa shape index (κ3) is 4.53. The van der Waals surface area contributed by atoms with Crippen molar-refractivity contribution in [3.05, 3.63) is 64.0 Å². The minimum absolute atomic E-state index is 0.0165. The Morgan fingerprint density at radius 3 is 2.44 bits per heavy atom. The number of aromatic nitrogens is 1. The molecule has 0 aliphatic heterocycles. The SMILES string of the molecule is CCOC(OCC)n1cccc1/C=C(\C#N)c1ccc([N+](=O)[O-])cc1. The molecule has 0 aliphatic carbocycles. The maximum Gasteiger partial charge on any atom is 0.269 e. The van der Waals surface area contributed by atoms with Gasteiger partial charge in [0.1, 0.15) is 0 Å². The van der Waals surface area contributed by atoms with E-state index in [-0.39, 0.29) is 5.69 Å². The molecular weight excluding hydrogens is 322 g/mol. The molecule has 0 bridgehead atoms. The number of hydrogen-bond acceptors (Lipinski definition) is 5. The van der Waals surface area contributed by atoms with Crippen LogP contribution in [0, 0.1) is 21.4 Å². The third-order valence-corrected chi connectivity index (χ3v) is 3.46. The van der Waals surface area contributed by atoms with Crippen molar-refractivity contribution >= 4 is 17.3 Å². The van der Waals surface area contributed by atoms with Crippen molar-refractivity contribution < 1.29 is 14.4 Å². The molecule has 7 nitrogen and oxygen atoms in total. The quantitative estimate of drug-likeness (QED) is 0.313. The minimum atomic E-state index is -0.576. The van der Waals surface area contributed by atoms with Crippen molar-refractivity contribution in [1.29, 1.82) is 5.26 Å². The molecule has 0 atom stereocenters.